The van der Waals surface area contributed by atoms with E-state index in [-0.39, 0.29) is 5.41 Å². The van der Waals surface area contributed by atoms with E-state index in [1.165, 1.54) is 64.1 Å². The third-order valence-electron chi connectivity index (χ3n) is 9.75. The van der Waals surface area contributed by atoms with Crippen molar-refractivity contribution in [2.24, 2.45) is 0 Å². The predicted octanol–water partition coefficient (Wildman–Crippen LogP) is 13.4. The molecule has 0 aromatic heterocycles. The zero-order chi connectivity index (χ0) is 32.2. The molecule has 1 aliphatic carbocycles. The second-order valence-electron chi connectivity index (χ2n) is 13.0. The lowest BCUT2D eigenvalue weighted by molar-refractivity contribution is 0.660. The fourth-order valence-electron chi connectivity index (χ4n) is 7.22. The van der Waals surface area contributed by atoms with Crippen molar-refractivity contribution in [1.82, 2.24) is 0 Å². The maximum atomic E-state index is 2.41. The summed E-state index contributed by atoms with van der Waals surface area (Å²) in [5.74, 6) is 0. The molecule has 2 aliphatic rings. The maximum Gasteiger partial charge on any atom is 0.0465 e. The van der Waals surface area contributed by atoms with E-state index in [1.807, 2.05) is 23.5 Å². The Morgan fingerprint density at radius 3 is 1.58 bits per heavy atom. The van der Waals surface area contributed by atoms with Gasteiger partial charge in [0.1, 0.15) is 0 Å². The van der Waals surface area contributed by atoms with Crippen molar-refractivity contribution in [3.05, 3.63) is 175 Å². The van der Waals surface area contributed by atoms with Crippen molar-refractivity contribution >= 4 is 40.6 Å². The average Bonchev–Trinajstić information content (AvgIpc) is 3.37. The molecule has 1 heterocycles. The van der Waals surface area contributed by atoms with Crippen molar-refractivity contribution in [3.8, 4) is 33.4 Å². The van der Waals surface area contributed by atoms with Gasteiger partial charge in [-0.05, 0) is 105 Å². The van der Waals surface area contributed by atoms with Gasteiger partial charge in [-0.3, -0.25) is 0 Å². The SMILES string of the molecule is CC1(C)c2ccccc2-c2ccc(N(c3ccc(-c4ccccc4)cc3)c3ccc(-c4ccc5c(c4)Sc4ccccc4S5)cc3)cc21. The number of rotatable bonds is 5. The summed E-state index contributed by atoms with van der Waals surface area (Å²) in [5.41, 5.74) is 13.7. The quantitative estimate of drug-likeness (QED) is 0.182. The van der Waals surface area contributed by atoms with E-state index in [0.717, 1.165) is 17.1 Å². The van der Waals surface area contributed by atoms with Crippen molar-refractivity contribution in [3.63, 3.8) is 0 Å². The van der Waals surface area contributed by atoms with Crippen LogP contribution in [0, 0.1) is 0 Å². The molecule has 0 fully saturated rings. The Morgan fingerprint density at radius 1 is 0.375 bits per heavy atom. The van der Waals surface area contributed by atoms with Gasteiger partial charge in [0.05, 0.1) is 0 Å². The Morgan fingerprint density at radius 2 is 0.875 bits per heavy atom. The van der Waals surface area contributed by atoms with Crippen LogP contribution in [0.15, 0.2) is 183 Å². The van der Waals surface area contributed by atoms with Crippen LogP contribution in [0.4, 0.5) is 17.1 Å². The van der Waals surface area contributed by atoms with Crippen LogP contribution in [0.25, 0.3) is 33.4 Å². The van der Waals surface area contributed by atoms with E-state index in [1.54, 1.807) is 0 Å². The van der Waals surface area contributed by atoms with E-state index >= 15 is 0 Å². The topological polar surface area (TPSA) is 3.24 Å². The summed E-state index contributed by atoms with van der Waals surface area (Å²) in [6.45, 7) is 4.70. The lowest BCUT2D eigenvalue weighted by Crippen LogP contribution is -2.16. The standard InChI is InChI=1S/C45H33NS2/c1-45(2)39-13-7-6-12-37(39)38-26-25-36(29-40(38)45)46(34-21-16-31(17-22-34)30-10-4-3-5-11-30)35-23-18-32(19-24-35)33-20-27-43-44(28-33)48-42-15-9-8-14-41(42)47-43/h3-29H,1-2H3. The van der Waals surface area contributed by atoms with Gasteiger partial charge in [0.25, 0.3) is 0 Å². The van der Waals surface area contributed by atoms with Gasteiger partial charge in [0.2, 0.25) is 0 Å². The van der Waals surface area contributed by atoms with E-state index < -0.39 is 0 Å². The Bertz CT molecular complexity index is 2300. The van der Waals surface area contributed by atoms with Crippen LogP contribution < -0.4 is 4.90 Å². The monoisotopic (exact) mass is 651 g/mol. The van der Waals surface area contributed by atoms with Gasteiger partial charge < -0.3 is 4.90 Å². The third-order valence-corrected chi connectivity index (χ3v) is 12.3. The minimum Gasteiger partial charge on any atom is -0.310 e. The molecule has 0 atom stereocenters. The normalized spacial score (nSPS) is 13.6. The lowest BCUT2D eigenvalue weighted by Gasteiger charge is -2.28. The molecule has 0 saturated heterocycles. The molecule has 1 nitrogen and oxygen atoms in total. The summed E-state index contributed by atoms with van der Waals surface area (Å²) in [4.78, 5) is 7.71. The first-order valence-corrected chi connectivity index (χ1v) is 18.1. The molecular formula is C45H33NS2. The van der Waals surface area contributed by atoms with Crippen LogP contribution in [-0.2, 0) is 5.41 Å². The van der Waals surface area contributed by atoms with Crippen molar-refractivity contribution in [2.75, 3.05) is 4.90 Å². The Hall–Kier alpha value is -4.96. The number of hydrogen-bond donors (Lipinski definition) is 0. The second-order valence-corrected chi connectivity index (χ2v) is 15.2. The van der Waals surface area contributed by atoms with Crippen LogP contribution in [0.1, 0.15) is 25.0 Å². The van der Waals surface area contributed by atoms with Gasteiger partial charge in [-0.1, -0.05) is 140 Å². The highest BCUT2D eigenvalue weighted by Crippen LogP contribution is 2.51. The largest absolute Gasteiger partial charge is 0.310 e. The van der Waals surface area contributed by atoms with Crippen molar-refractivity contribution in [1.29, 1.82) is 0 Å². The molecule has 0 spiro atoms. The summed E-state index contributed by atoms with van der Waals surface area (Å²) in [5, 5.41) is 0. The summed E-state index contributed by atoms with van der Waals surface area (Å²) in [6, 6.07) is 60.1. The van der Waals surface area contributed by atoms with Crippen LogP contribution in [0.2, 0.25) is 0 Å². The Balaban J connectivity index is 1.10. The molecule has 7 aromatic carbocycles. The van der Waals surface area contributed by atoms with Gasteiger partial charge in [0, 0.05) is 42.1 Å². The van der Waals surface area contributed by atoms with Gasteiger partial charge in [0.15, 0.2) is 0 Å². The zero-order valence-corrected chi connectivity index (χ0v) is 28.5. The molecule has 0 unspecified atom stereocenters. The molecule has 7 aromatic rings. The molecule has 0 amide bonds. The van der Waals surface area contributed by atoms with Crippen molar-refractivity contribution in [2.45, 2.75) is 38.8 Å². The average molecular weight is 652 g/mol. The van der Waals surface area contributed by atoms with Crippen molar-refractivity contribution < 1.29 is 0 Å². The molecular weight excluding hydrogens is 619 g/mol. The number of nitrogens with zero attached hydrogens (tertiary/aromatic N) is 1. The first kappa shape index (κ1) is 29.2. The predicted molar refractivity (Wildman–Crippen MR) is 204 cm³/mol. The fourth-order valence-corrected chi connectivity index (χ4v) is 9.48. The third kappa shape index (κ3) is 4.97. The fraction of sp³-hybridized carbons (Fsp3) is 0.0667. The van der Waals surface area contributed by atoms with Gasteiger partial charge >= 0.3 is 0 Å². The molecule has 230 valence electrons. The number of benzene rings is 7. The molecule has 48 heavy (non-hydrogen) atoms. The summed E-state index contributed by atoms with van der Waals surface area (Å²) in [7, 11) is 0. The van der Waals surface area contributed by atoms with Crippen LogP contribution in [-0.4, -0.2) is 0 Å². The summed E-state index contributed by atoms with van der Waals surface area (Å²) < 4.78 is 0. The first-order chi connectivity index (χ1) is 23.5. The molecule has 0 saturated carbocycles. The summed E-state index contributed by atoms with van der Waals surface area (Å²) in [6.07, 6.45) is 0. The summed E-state index contributed by atoms with van der Waals surface area (Å²) >= 11 is 3.73. The van der Waals surface area contributed by atoms with Crippen LogP contribution in [0.5, 0.6) is 0 Å². The molecule has 1 aliphatic heterocycles. The van der Waals surface area contributed by atoms with E-state index in [9.17, 15) is 0 Å². The highest BCUT2D eigenvalue weighted by molar-refractivity contribution is 8.05. The van der Waals surface area contributed by atoms with E-state index in [4.69, 9.17) is 0 Å². The van der Waals surface area contributed by atoms with E-state index in [0.29, 0.717) is 0 Å². The Labute approximate surface area is 291 Å². The molecule has 0 bridgehead atoms. The maximum absolute atomic E-state index is 2.41. The number of hydrogen-bond acceptors (Lipinski definition) is 3. The van der Waals surface area contributed by atoms with Gasteiger partial charge in [-0.2, -0.15) is 0 Å². The van der Waals surface area contributed by atoms with Crippen LogP contribution >= 0.6 is 23.5 Å². The molecule has 3 heteroatoms. The second kappa shape index (κ2) is 11.6. The van der Waals surface area contributed by atoms with E-state index in [2.05, 4.69) is 183 Å². The zero-order valence-electron chi connectivity index (χ0n) is 26.9. The van der Waals surface area contributed by atoms with Gasteiger partial charge in [-0.25, -0.2) is 0 Å². The van der Waals surface area contributed by atoms with Gasteiger partial charge in [-0.15, -0.1) is 0 Å². The number of fused-ring (bicyclic) bond motifs is 5. The highest BCUT2D eigenvalue weighted by Gasteiger charge is 2.35. The minimum atomic E-state index is -0.0715. The molecule has 0 radical (unpaired) electrons. The minimum absolute atomic E-state index is 0.0715. The molecule has 9 rings (SSSR count). The highest BCUT2D eigenvalue weighted by atomic mass is 32.2. The Kier molecular flexibility index (Phi) is 7.07. The lowest BCUT2D eigenvalue weighted by atomic mass is 9.82. The smallest absolute Gasteiger partial charge is 0.0465 e. The number of anilines is 3. The molecule has 0 N–H and O–H groups in total. The first-order valence-electron chi connectivity index (χ1n) is 16.4. The van der Waals surface area contributed by atoms with Crippen LogP contribution in [0.3, 0.4) is 0 Å².